The van der Waals surface area contributed by atoms with Crippen molar-refractivity contribution in [1.82, 2.24) is 5.32 Å². The maximum atomic E-state index is 11.4. The van der Waals surface area contributed by atoms with E-state index in [2.05, 4.69) is 5.32 Å². The minimum absolute atomic E-state index is 0.0174. The van der Waals surface area contributed by atoms with Crippen molar-refractivity contribution in [3.8, 4) is 0 Å². The van der Waals surface area contributed by atoms with Crippen LogP contribution >= 0.6 is 0 Å². The Morgan fingerprint density at radius 1 is 1.47 bits per heavy atom. The molecule has 1 rings (SSSR count). The standard InChI is InChI=1S/C10H17NO4/c1-6(15-2)9(12)11-8-4-3-7(5-8)10(13)14/h6-8H,3-5H2,1-2H3,(H,11,12)(H,13,14)/t6?,7-,8+/m1/s1. The maximum Gasteiger partial charge on any atom is 0.306 e. The van der Waals surface area contributed by atoms with E-state index < -0.39 is 12.1 Å². The first kappa shape index (κ1) is 12.0. The van der Waals surface area contributed by atoms with E-state index in [-0.39, 0.29) is 17.9 Å². The van der Waals surface area contributed by atoms with Gasteiger partial charge in [0.1, 0.15) is 6.10 Å². The molecule has 1 aliphatic carbocycles. The van der Waals surface area contributed by atoms with Gasteiger partial charge in [0, 0.05) is 13.2 Å². The molecule has 3 atom stereocenters. The summed E-state index contributed by atoms with van der Waals surface area (Å²) in [4.78, 5) is 22.1. The Morgan fingerprint density at radius 3 is 2.60 bits per heavy atom. The summed E-state index contributed by atoms with van der Waals surface area (Å²) in [7, 11) is 1.47. The number of hydrogen-bond acceptors (Lipinski definition) is 3. The van der Waals surface area contributed by atoms with Gasteiger partial charge in [0.25, 0.3) is 0 Å². The van der Waals surface area contributed by atoms with Crippen LogP contribution in [0.1, 0.15) is 26.2 Å². The number of carbonyl (C=O) groups excluding carboxylic acids is 1. The van der Waals surface area contributed by atoms with E-state index in [0.717, 1.165) is 6.42 Å². The number of rotatable bonds is 4. The summed E-state index contributed by atoms with van der Waals surface area (Å²) < 4.78 is 4.87. The van der Waals surface area contributed by atoms with E-state index in [1.165, 1.54) is 7.11 Å². The van der Waals surface area contributed by atoms with Gasteiger partial charge in [-0.3, -0.25) is 9.59 Å². The Kier molecular flexibility index (Phi) is 4.08. The molecule has 0 heterocycles. The Bertz CT molecular complexity index is 254. The molecule has 0 spiro atoms. The molecule has 1 unspecified atom stereocenters. The summed E-state index contributed by atoms with van der Waals surface area (Å²) in [6.07, 6.45) is 1.42. The Morgan fingerprint density at radius 2 is 2.13 bits per heavy atom. The van der Waals surface area contributed by atoms with E-state index in [1.54, 1.807) is 6.92 Å². The van der Waals surface area contributed by atoms with E-state index in [9.17, 15) is 9.59 Å². The topological polar surface area (TPSA) is 75.6 Å². The first-order valence-electron chi connectivity index (χ1n) is 5.10. The van der Waals surface area contributed by atoms with Crippen molar-refractivity contribution in [1.29, 1.82) is 0 Å². The largest absolute Gasteiger partial charge is 0.481 e. The van der Waals surface area contributed by atoms with Gasteiger partial charge in [-0.05, 0) is 26.2 Å². The number of amides is 1. The van der Waals surface area contributed by atoms with Crippen molar-refractivity contribution < 1.29 is 19.4 Å². The summed E-state index contributed by atoms with van der Waals surface area (Å²) in [6, 6.07) is -0.0174. The summed E-state index contributed by atoms with van der Waals surface area (Å²) >= 11 is 0. The molecule has 0 aromatic rings. The number of carboxylic acids is 1. The second-order valence-electron chi connectivity index (χ2n) is 3.93. The SMILES string of the molecule is COC(C)C(=O)N[C@H]1CC[C@@H](C(=O)O)C1. The van der Waals surface area contributed by atoms with Crippen molar-refractivity contribution >= 4 is 11.9 Å². The quantitative estimate of drug-likeness (QED) is 0.711. The zero-order valence-electron chi connectivity index (χ0n) is 9.03. The summed E-state index contributed by atoms with van der Waals surface area (Å²) in [6.45, 7) is 1.67. The molecule has 0 aliphatic heterocycles. The van der Waals surface area contributed by atoms with Gasteiger partial charge in [0.2, 0.25) is 5.91 Å². The molecule has 0 aromatic heterocycles. The Hall–Kier alpha value is -1.10. The van der Waals surface area contributed by atoms with Crippen molar-refractivity contribution in [3.63, 3.8) is 0 Å². The fraction of sp³-hybridized carbons (Fsp3) is 0.800. The number of aliphatic carboxylic acids is 1. The first-order valence-corrected chi connectivity index (χ1v) is 5.10. The van der Waals surface area contributed by atoms with Crippen LogP contribution in [0.2, 0.25) is 0 Å². The summed E-state index contributed by atoms with van der Waals surface area (Å²) in [5.41, 5.74) is 0. The molecule has 5 heteroatoms. The molecule has 0 bridgehead atoms. The van der Waals surface area contributed by atoms with Gasteiger partial charge in [-0.2, -0.15) is 0 Å². The molecule has 0 saturated heterocycles. The third-order valence-corrected chi connectivity index (χ3v) is 2.85. The van der Waals surface area contributed by atoms with Gasteiger partial charge in [-0.25, -0.2) is 0 Å². The number of carboxylic acid groups (broad SMARTS) is 1. The zero-order valence-corrected chi connectivity index (χ0v) is 9.03. The van der Waals surface area contributed by atoms with E-state index >= 15 is 0 Å². The molecular weight excluding hydrogens is 198 g/mol. The summed E-state index contributed by atoms with van der Waals surface area (Å²) in [5, 5.41) is 11.6. The molecule has 15 heavy (non-hydrogen) atoms. The predicted molar refractivity (Wildman–Crippen MR) is 53.4 cm³/mol. The smallest absolute Gasteiger partial charge is 0.306 e. The second kappa shape index (κ2) is 5.11. The first-order chi connectivity index (χ1) is 7.04. The molecular formula is C10H17NO4. The normalized spacial score (nSPS) is 27.3. The van der Waals surface area contributed by atoms with Gasteiger partial charge >= 0.3 is 5.97 Å². The number of carbonyl (C=O) groups is 2. The van der Waals surface area contributed by atoms with Gasteiger partial charge in [-0.1, -0.05) is 0 Å². The Balaban J connectivity index is 2.36. The fourth-order valence-electron chi connectivity index (χ4n) is 1.76. The monoisotopic (exact) mass is 215 g/mol. The molecule has 1 aliphatic rings. The molecule has 5 nitrogen and oxygen atoms in total. The van der Waals surface area contributed by atoms with Gasteiger partial charge in [-0.15, -0.1) is 0 Å². The van der Waals surface area contributed by atoms with Gasteiger partial charge in [0.05, 0.1) is 5.92 Å². The third-order valence-electron chi connectivity index (χ3n) is 2.85. The van der Waals surface area contributed by atoms with E-state index in [1.807, 2.05) is 0 Å². The lowest BCUT2D eigenvalue weighted by Crippen LogP contribution is -2.40. The highest BCUT2D eigenvalue weighted by atomic mass is 16.5. The lowest BCUT2D eigenvalue weighted by atomic mass is 10.1. The highest BCUT2D eigenvalue weighted by Crippen LogP contribution is 2.25. The van der Waals surface area contributed by atoms with Crippen LogP contribution in [-0.2, 0) is 14.3 Å². The van der Waals surface area contributed by atoms with Crippen LogP contribution in [0.4, 0.5) is 0 Å². The lowest BCUT2D eigenvalue weighted by Gasteiger charge is -2.15. The highest BCUT2D eigenvalue weighted by Gasteiger charge is 2.31. The number of nitrogens with one attached hydrogen (secondary N) is 1. The molecule has 1 fully saturated rings. The average molecular weight is 215 g/mol. The molecule has 1 saturated carbocycles. The van der Waals surface area contributed by atoms with Crippen LogP contribution in [0.15, 0.2) is 0 Å². The fourth-order valence-corrected chi connectivity index (χ4v) is 1.76. The van der Waals surface area contributed by atoms with Crippen LogP contribution in [0.25, 0.3) is 0 Å². The average Bonchev–Trinajstić information content (AvgIpc) is 2.65. The van der Waals surface area contributed by atoms with Crippen LogP contribution < -0.4 is 5.32 Å². The molecule has 2 N–H and O–H groups in total. The molecule has 0 radical (unpaired) electrons. The van der Waals surface area contributed by atoms with Gasteiger partial charge < -0.3 is 15.2 Å². The van der Waals surface area contributed by atoms with Crippen molar-refractivity contribution in [2.24, 2.45) is 5.92 Å². The van der Waals surface area contributed by atoms with Crippen LogP contribution in [0.5, 0.6) is 0 Å². The Labute approximate surface area is 88.8 Å². The van der Waals surface area contributed by atoms with Crippen LogP contribution in [0.3, 0.4) is 0 Å². The minimum Gasteiger partial charge on any atom is -0.481 e. The van der Waals surface area contributed by atoms with E-state index in [0.29, 0.717) is 12.8 Å². The van der Waals surface area contributed by atoms with Crippen LogP contribution in [0, 0.1) is 5.92 Å². The van der Waals surface area contributed by atoms with Crippen LogP contribution in [-0.4, -0.2) is 36.2 Å². The van der Waals surface area contributed by atoms with Crippen molar-refractivity contribution in [2.45, 2.75) is 38.3 Å². The van der Waals surface area contributed by atoms with Crippen molar-refractivity contribution in [3.05, 3.63) is 0 Å². The maximum absolute atomic E-state index is 11.4. The highest BCUT2D eigenvalue weighted by molar-refractivity contribution is 5.80. The van der Waals surface area contributed by atoms with Gasteiger partial charge in [0.15, 0.2) is 0 Å². The third kappa shape index (κ3) is 3.20. The summed E-state index contributed by atoms with van der Waals surface area (Å²) in [5.74, 6) is -1.26. The minimum atomic E-state index is -0.772. The zero-order chi connectivity index (χ0) is 11.4. The number of ether oxygens (including phenoxy) is 1. The van der Waals surface area contributed by atoms with Crippen molar-refractivity contribution in [2.75, 3.05) is 7.11 Å². The van der Waals surface area contributed by atoms with E-state index in [4.69, 9.17) is 9.84 Å². The predicted octanol–water partition coefficient (Wildman–Crippen LogP) is 0.391. The molecule has 0 aromatic carbocycles. The lowest BCUT2D eigenvalue weighted by molar-refractivity contribution is -0.141. The second-order valence-corrected chi connectivity index (χ2v) is 3.93. The number of methoxy groups -OCH3 is 1. The molecule has 86 valence electrons. The molecule has 1 amide bonds. The number of hydrogen-bond donors (Lipinski definition) is 2.